The van der Waals surface area contributed by atoms with Crippen molar-refractivity contribution in [1.29, 1.82) is 0 Å². The summed E-state index contributed by atoms with van der Waals surface area (Å²) in [6.45, 7) is 10.4. The van der Waals surface area contributed by atoms with E-state index >= 15 is 0 Å². The monoisotopic (exact) mass is 211 g/mol. The lowest BCUT2D eigenvalue weighted by atomic mass is 9.99. The fourth-order valence-corrected chi connectivity index (χ4v) is 1.64. The SMILES string of the molecule is C=C(NC1CCOC(C(C)=O)C1)C(C)C. The van der Waals surface area contributed by atoms with E-state index in [-0.39, 0.29) is 11.9 Å². The largest absolute Gasteiger partial charge is 0.386 e. The predicted molar refractivity (Wildman–Crippen MR) is 60.6 cm³/mol. The second-order valence-electron chi connectivity index (χ2n) is 4.52. The first-order chi connectivity index (χ1) is 7.00. The molecule has 0 aromatic carbocycles. The molecule has 86 valence electrons. The van der Waals surface area contributed by atoms with E-state index in [4.69, 9.17) is 4.74 Å². The third kappa shape index (κ3) is 3.67. The Hall–Kier alpha value is -0.830. The maximum atomic E-state index is 11.2. The Kier molecular flexibility index (Phi) is 4.33. The van der Waals surface area contributed by atoms with Crippen molar-refractivity contribution in [2.24, 2.45) is 5.92 Å². The average Bonchev–Trinajstić information content (AvgIpc) is 2.18. The Morgan fingerprint density at radius 2 is 2.20 bits per heavy atom. The van der Waals surface area contributed by atoms with Gasteiger partial charge in [0.1, 0.15) is 6.10 Å². The number of hydrogen-bond acceptors (Lipinski definition) is 3. The first kappa shape index (κ1) is 12.2. The van der Waals surface area contributed by atoms with Crippen molar-refractivity contribution in [2.45, 2.75) is 45.8 Å². The molecular formula is C12H21NO2. The third-order valence-corrected chi connectivity index (χ3v) is 2.82. The minimum Gasteiger partial charge on any atom is -0.386 e. The molecule has 0 bridgehead atoms. The Bertz CT molecular complexity index is 248. The Morgan fingerprint density at radius 3 is 2.73 bits per heavy atom. The number of carbonyl (C=O) groups excluding carboxylic acids is 1. The molecule has 0 aromatic heterocycles. The van der Waals surface area contributed by atoms with Gasteiger partial charge in [-0.25, -0.2) is 0 Å². The van der Waals surface area contributed by atoms with E-state index in [2.05, 4.69) is 25.7 Å². The molecule has 1 N–H and O–H groups in total. The molecule has 0 saturated carbocycles. The quantitative estimate of drug-likeness (QED) is 0.771. The van der Waals surface area contributed by atoms with Crippen LogP contribution in [0.25, 0.3) is 0 Å². The van der Waals surface area contributed by atoms with Crippen LogP contribution in [-0.2, 0) is 9.53 Å². The van der Waals surface area contributed by atoms with Crippen LogP contribution in [0.3, 0.4) is 0 Å². The summed E-state index contributed by atoms with van der Waals surface area (Å²) >= 11 is 0. The van der Waals surface area contributed by atoms with Crippen LogP contribution >= 0.6 is 0 Å². The van der Waals surface area contributed by atoms with Crippen molar-refractivity contribution in [3.63, 3.8) is 0 Å². The van der Waals surface area contributed by atoms with Crippen molar-refractivity contribution in [2.75, 3.05) is 6.61 Å². The molecule has 0 aromatic rings. The fourth-order valence-electron chi connectivity index (χ4n) is 1.64. The van der Waals surface area contributed by atoms with Crippen LogP contribution in [0, 0.1) is 5.92 Å². The van der Waals surface area contributed by atoms with Crippen LogP contribution in [0.5, 0.6) is 0 Å². The van der Waals surface area contributed by atoms with Gasteiger partial charge in [0.05, 0.1) is 0 Å². The molecule has 0 amide bonds. The molecule has 2 unspecified atom stereocenters. The van der Waals surface area contributed by atoms with Gasteiger partial charge in [0, 0.05) is 24.8 Å². The number of hydrogen-bond donors (Lipinski definition) is 1. The minimum absolute atomic E-state index is 0.122. The van der Waals surface area contributed by atoms with Gasteiger partial charge in [0.2, 0.25) is 0 Å². The molecule has 1 aliphatic heterocycles. The van der Waals surface area contributed by atoms with E-state index in [1.807, 2.05) is 0 Å². The van der Waals surface area contributed by atoms with E-state index in [0.29, 0.717) is 18.6 Å². The number of allylic oxidation sites excluding steroid dienone is 1. The molecule has 1 rings (SSSR count). The van der Waals surface area contributed by atoms with Gasteiger partial charge in [-0.05, 0) is 19.3 Å². The van der Waals surface area contributed by atoms with Gasteiger partial charge in [-0.1, -0.05) is 20.4 Å². The zero-order valence-electron chi connectivity index (χ0n) is 9.88. The molecule has 15 heavy (non-hydrogen) atoms. The number of carbonyl (C=O) groups is 1. The highest BCUT2D eigenvalue weighted by molar-refractivity contribution is 5.80. The van der Waals surface area contributed by atoms with E-state index in [0.717, 1.165) is 18.5 Å². The summed E-state index contributed by atoms with van der Waals surface area (Å²) in [5, 5.41) is 3.38. The van der Waals surface area contributed by atoms with Gasteiger partial charge >= 0.3 is 0 Å². The fraction of sp³-hybridized carbons (Fsp3) is 0.750. The van der Waals surface area contributed by atoms with Crippen molar-refractivity contribution < 1.29 is 9.53 Å². The molecule has 1 saturated heterocycles. The highest BCUT2D eigenvalue weighted by Gasteiger charge is 2.25. The van der Waals surface area contributed by atoms with Gasteiger partial charge in [0.15, 0.2) is 5.78 Å². The number of ether oxygens (including phenoxy) is 1. The molecule has 3 nitrogen and oxygen atoms in total. The van der Waals surface area contributed by atoms with E-state index in [1.54, 1.807) is 6.92 Å². The lowest BCUT2D eigenvalue weighted by Crippen LogP contribution is -2.41. The average molecular weight is 211 g/mol. The molecule has 2 atom stereocenters. The van der Waals surface area contributed by atoms with Crippen LogP contribution in [0.2, 0.25) is 0 Å². The summed E-state index contributed by atoms with van der Waals surface area (Å²) in [6, 6.07) is 0.336. The number of Topliss-reactive ketones (excluding diaryl/α,β-unsaturated/α-hetero) is 1. The highest BCUT2D eigenvalue weighted by Crippen LogP contribution is 2.17. The third-order valence-electron chi connectivity index (χ3n) is 2.82. The molecular weight excluding hydrogens is 190 g/mol. The standard InChI is InChI=1S/C12H21NO2/c1-8(2)9(3)13-11-5-6-15-12(7-11)10(4)14/h8,11-13H,3,5-7H2,1-2,4H3. The van der Waals surface area contributed by atoms with E-state index in [1.165, 1.54) is 0 Å². The van der Waals surface area contributed by atoms with E-state index in [9.17, 15) is 4.79 Å². The van der Waals surface area contributed by atoms with Gasteiger partial charge in [-0.2, -0.15) is 0 Å². The smallest absolute Gasteiger partial charge is 0.158 e. The van der Waals surface area contributed by atoms with Crippen molar-refractivity contribution >= 4 is 5.78 Å². The Balaban J connectivity index is 2.43. The number of nitrogens with one attached hydrogen (secondary N) is 1. The lowest BCUT2D eigenvalue weighted by Gasteiger charge is -2.30. The topological polar surface area (TPSA) is 38.3 Å². The van der Waals surface area contributed by atoms with Gasteiger partial charge < -0.3 is 10.1 Å². The molecule has 1 aliphatic rings. The van der Waals surface area contributed by atoms with Crippen molar-refractivity contribution in [3.05, 3.63) is 12.3 Å². The molecule has 0 aliphatic carbocycles. The zero-order valence-corrected chi connectivity index (χ0v) is 9.88. The molecule has 1 heterocycles. The predicted octanol–water partition coefficient (Wildman–Crippen LogP) is 1.88. The summed E-state index contributed by atoms with van der Waals surface area (Å²) in [5.41, 5.74) is 1.05. The van der Waals surface area contributed by atoms with Crippen LogP contribution in [0.15, 0.2) is 12.3 Å². The van der Waals surface area contributed by atoms with Crippen molar-refractivity contribution in [3.8, 4) is 0 Å². The summed E-state index contributed by atoms with van der Waals surface area (Å²) in [5.74, 6) is 0.556. The highest BCUT2D eigenvalue weighted by atomic mass is 16.5. The minimum atomic E-state index is -0.226. The van der Waals surface area contributed by atoms with E-state index < -0.39 is 0 Å². The maximum Gasteiger partial charge on any atom is 0.158 e. The van der Waals surface area contributed by atoms with Gasteiger partial charge in [-0.15, -0.1) is 0 Å². The summed E-state index contributed by atoms with van der Waals surface area (Å²) in [4.78, 5) is 11.2. The van der Waals surface area contributed by atoms with Crippen molar-refractivity contribution in [1.82, 2.24) is 5.32 Å². The van der Waals surface area contributed by atoms with Crippen LogP contribution in [0.1, 0.15) is 33.6 Å². The maximum absolute atomic E-state index is 11.2. The summed E-state index contributed by atoms with van der Waals surface area (Å²) in [6.07, 6.45) is 1.49. The van der Waals surface area contributed by atoms with Crippen LogP contribution < -0.4 is 5.32 Å². The first-order valence-electron chi connectivity index (χ1n) is 5.58. The van der Waals surface area contributed by atoms with Crippen LogP contribution in [-0.4, -0.2) is 24.5 Å². The Labute approximate surface area is 91.9 Å². The summed E-state index contributed by atoms with van der Waals surface area (Å²) < 4.78 is 5.39. The normalized spacial score (nSPS) is 26.4. The van der Waals surface area contributed by atoms with Gasteiger partial charge in [-0.3, -0.25) is 4.79 Å². The zero-order chi connectivity index (χ0) is 11.4. The molecule has 1 fully saturated rings. The van der Waals surface area contributed by atoms with Crippen LogP contribution in [0.4, 0.5) is 0 Å². The number of rotatable bonds is 4. The first-order valence-corrected chi connectivity index (χ1v) is 5.58. The molecule has 3 heteroatoms. The second-order valence-corrected chi connectivity index (χ2v) is 4.52. The Morgan fingerprint density at radius 1 is 1.53 bits per heavy atom. The van der Waals surface area contributed by atoms with Gasteiger partial charge in [0.25, 0.3) is 0 Å². The lowest BCUT2D eigenvalue weighted by molar-refractivity contribution is -0.131. The second kappa shape index (κ2) is 5.31. The molecule has 0 spiro atoms. The summed E-state index contributed by atoms with van der Waals surface area (Å²) in [7, 11) is 0. The molecule has 0 radical (unpaired) electrons. The number of ketones is 1.